The summed E-state index contributed by atoms with van der Waals surface area (Å²) in [5.74, 6) is -3.29. The molecule has 8 N–H and O–H groups in total. The zero-order chi connectivity index (χ0) is 27.9. The average Bonchev–Trinajstić information content (AvgIpc) is 3.35. The molecule has 1 aromatic heterocycles. The van der Waals surface area contributed by atoms with Crippen molar-refractivity contribution >= 4 is 54.4 Å². The third-order valence-electron chi connectivity index (χ3n) is 6.91. The summed E-state index contributed by atoms with van der Waals surface area (Å²) < 4.78 is 0. The minimum atomic E-state index is -1.25. The second-order valence-electron chi connectivity index (χ2n) is 9.23. The number of amidine groups is 1. The Kier molecular flexibility index (Phi) is 13.0. The zero-order valence-corrected chi connectivity index (χ0v) is 23.3. The van der Waals surface area contributed by atoms with Gasteiger partial charge >= 0.3 is 11.9 Å². The molecule has 0 radical (unpaired) electrons. The Bertz CT molecular complexity index is 1200. The van der Waals surface area contributed by atoms with Crippen LogP contribution >= 0.6 is 24.8 Å². The van der Waals surface area contributed by atoms with Crippen molar-refractivity contribution in [3.63, 3.8) is 0 Å². The summed E-state index contributed by atoms with van der Waals surface area (Å²) in [6.07, 6.45) is 4.91. The quantitative estimate of drug-likeness (QED) is 0.192. The lowest BCUT2D eigenvalue weighted by Gasteiger charge is -2.43. The number of pyridine rings is 1. The number of rotatable bonds is 8. The Labute approximate surface area is 243 Å². The van der Waals surface area contributed by atoms with Gasteiger partial charge in [0.2, 0.25) is 11.8 Å². The van der Waals surface area contributed by atoms with Gasteiger partial charge in [0.05, 0.1) is 18.7 Å². The smallest absolute Gasteiger partial charge is 0.330 e. The summed E-state index contributed by atoms with van der Waals surface area (Å²) in [7, 11) is 0. The number of carbonyl (C=O) groups excluding carboxylic acids is 2. The summed E-state index contributed by atoms with van der Waals surface area (Å²) in [6.45, 7) is -0.111. The van der Waals surface area contributed by atoms with Gasteiger partial charge < -0.3 is 26.6 Å². The first-order chi connectivity index (χ1) is 18.1. The highest BCUT2D eigenvalue weighted by atomic mass is 35.5. The van der Waals surface area contributed by atoms with E-state index in [9.17, 15) is 24.3 Å². The lowest BCUT2D eigenvalue weighted by molar-refractivity contribution is -0.158. The number of carboxylic acid groups (broad SMARTS) is 2. The molecule has 2 heterocycles. The van der Waals surface area contributed by atoms with E-state index in [2.05, 4.69) is 10.3 Å². The fourth-order valence-electron chi connectivity index (χ4n) is 5.24. The molecule has 1 unspecified atom stereocenters. The van der Waals surface area contributed by atoms with Gasteiger partial charge in [0, 0.05) is 18.7 Å². The van der Waals surface area contributed by atoms with E-state index in [-0.39, 0.29) is 55.6 Å². The summed E-state index contributed by atoms with van der Waals surface area (Å²) in [5.41, 5.74) is 11.7. The third kappa shape index (κ3) is 7.68. The van der Waals surface area contributed by atoms with Crippen LogP contribution in [-0.4, -0.2) is 74.9 Å². The van der Waals surface area contributed by atoms with Crippen LogP contribution in [0.15, 0.2) is 42.6 Å². The number of nitrogens with zero attached hydrogens (tertiary/aromatic N) is 2. The normalized spacial score (nSPS) is 19.0. The van der Waals surface area contributed by atoms with Crippen LogP contribution in [0.2, 0.25) is 0 Å². The van der Waals surface area contributed by atoms with Gasteiger partial charge in [0.15, 0.2) is 0 Å². The molecule has 4 rings (SSSR count). The highest BCUT2D eigenvalue weighted by Crippen LogP contribution is 2.47. The van der Waals surface area contributed by atoms with E-state index < -0.39 is 23.4 Å². The SMILES string of the molecule is Cl.Cl.N=C(N)c1ccc(C(N)=O)cn1.O=C(O)CNCC(=O)N1CCC[C@]1(C(=O)O)C1CCCc2ccccc21. The van der Waals surface area contributed by atoms with E-state index in [1.165, 1.54) is 23.2 Å². The number of aryl methyl sites for hydroxylation is 1. The Morgan fingerprint density at radius 1 is 1.05 bits per heavy atom. The number of likely N-dealkylation sites (tertiary alicyclic amines) is 1. The van der Waals surface area contributed by atoms with E-state index >= 15 is 0 Å². The summed E-state index contributed by atoms with van der Waals surface area (Å²) in [4.78, 5) is 51.6. The van der Waals surface area contributed by atoms with Crippen LogP contribution in [0.4, 0.5) is 0 Å². The molecule has 40 heavy (non-hydrogen) atoms. The van der Waals surface area contributed by atoms with Crippen molar-refractivity contribution in [1.29, 1.82) is 5.41 Å². The van der Waals surface area contributed by atoms with Crippen molar-refractivity contribution in [2.24, 2.45) is 11.5 Å². The van der Waals surface area contributed by atoms with Gasteiger partial charge in [-0.3, -0.25) is 30.1 Å². The van der Waals surface area contributed by atoms with Crippen molar-refractivity contribution in [2.75, 3.05) is 19.6 Å². The number of halogens is 2. The van der Waals surface area contributed by atoms with Crippen molar-refractivity contribution in [2.45, 2.75) is 43.6 Å². The molecule has 14 heteroatoms. The molecule has 1 saturated heterocycles. The lowest BCUT2D eigenvalue weighted by Crippen LogP contribution is -2.59. The molecule has 12 nitrogen and oxygen atoms in total. The average molecular weight is 598 g/mol. The molecule has 218 valence electrons. The number of carbonyl (C=O) groups is 4. The molecule has 0 bridgehead atoms. The minimum absolute atomic E-state index is 0. The number of aromatic nitrogens is 1. The largest absolute Gasteiger partial charge is 0.480 e. The first kappa shape index (κ1) is 34.3. The van der Waals surface area contributed by atoms with Crippen molar-refractivity contribution in [3.05, 3.63) is 65.0 Å². The number of hydrogen-bond acceptors (Lipinski definition) is 7. The molecule has 2 amide bonds. The number of benzene rings is 1. The van der Waals surface area contributed by atoms with E-state index in [4.69, 9.17) is 22.0 Å². The van der Waals surface area contributed by atoms with Gasteiger partial charge in [-0.1, -0.05) is 24.3 Å². The highest BCUT2D eigenvalue weighted by Gasteiger charge is 2.56. The molecular weight excluding hydrogens is 563 g/mol. The Balaban J connectivity index is 0.000000486. The fourth-order valence-corrected chi connectivity index (χ4v) is 5.24. The Hall–Kier alpha value is -3.74. The fraction of sp³-hybridized carbons (Fsp3) is 0.385. The number of primary amides is 1. The maximum atomic E-state index is 12.7. The van der Waals surface area contributed by atoms with Gasteiger partial charge in [0.25, 0.3) is 0 Å². The lowest BCUT2D eigenvalue weighted by atomic mass is 9.70. The van der Waals surface area contributed by atoms with Crippen molar-refractivity contribution in [1.82, 2.24) is 15.2 Å². The van der Waals surface area contributed by atoms with Crippen molar-refractivity contribution in [3.8, 4) is 0 Å². The number of nitrogens with one attached hydrogen (secondary N) is 2. The van der Waals surface area contributed by atoms with Crippen molar-refractivity contribution < 1.29 is 29.4 Å². The van der Waals surface area contributed by atoms with Crippen LogP contribution in [0.5, 0.6) is 0 Å². The van der Waals surface area contributed by atoms with E-state index in [0.717, 1.165) is 30.4 Å². The molecule has 1 aliphatic carbocycles. The maximum absolute atomic E-state index is 12.7. The van der Waals surface area contributed by atoms with E-state index in [0.29, 0.717) is 30.6 Å². The van der Waals surface area contributed by atoms with Gasteiger partial charge in [-0.2, -0.15) is 0 Å². The molecule has 2 atom stereocenters. The van der Waals surface area contributed by atoms with Crippen LogP contribution < -0.4 is 16.8 Å². The highest BCUT2D eigenvalue weighted by molar-refractivity contribution is 5.95. The number of hydrogen-bond donors (Lipinski definition) is 6. The number of amides is 2. The standard InChI is InChI=1S/C19H24N2O5.C7H8N4O.2ClH/c22-16(11-20-12-17(23)24)21-10-4-9-19(21,18(25)26)15-8-3-6-13-5-1-2-7-14(13)15;8-6(9)5-2-1-4(3-11-5)7(10)12;;/h1-2,5,7,15,20H,3-4,6,8-12H2,(H,23,24)(H,25,26);1-3H,(H3,8,9)(H2,10,12);2*1H/t15?,19-;;;/m1.../s1. The molecule has 1 aromatic carbocycles. The van der Waals surface area contributed by atoms with Crippen LogP contribution in [-0.2, 0) is 20.8 Å². The minimum Gasteiger partial charge on any atom is -0.480 e. The molecule has 1 fully saturated rings. The number of aliphatic carboxylic acids is 2. The Morgan fingerprint density at radius 2 is 1.75 bits per heavy atom. The molecule has 2 aliphatic rings. The van der Waals surface area contributed by atoms with Crippen LogP contribution in [0.25, 0.3) is 0 Å². The van der Waals surface area contributed by atoms with Crippen LogP contribution in [0, 0.1) is 5.41 Å². The maximum Gasteiger partial charge on any atom is 0.330 e. The first-order valence-corrected chi connectivity index (χ1v) is 12.2. The number of nitrogens with two attached hydrogens (primary N) is 2. The summed E-state index contributed by atoms with van der Waals surface area (Å²) in [5, 5.41) is 28.5. The molecule has 0 saturated carbocycles. The topological polar surface area (TPSA) is 213 Å². The van der Waals surface area contributed by atoms with E-state index in [1.54, 1.807) is 0 Å². The monoisotopic (exact) mass is 596 g/mol. The van der Waals surface area contributed by atoms with Gasteiger partial charge in [-0.15, -0.1) is 24.8 Å². The van der Waals surface area contributed by atoms with Gasteiger partial charge in [0.1, 0.15) is 17.1 Å². The predicted molar refractivity (Wildman–Crippen MR) is 152 cm³/mol. The van der Waals surface area contributed by atoms with E-state index in [1.807, 2.05) is 24.3 Å². The Morgan fingerprint density at radius 3 is 2.33 bits per heavy atom. The van der Waals surface area contributed by atoms with Crippen LogP contribution in [0.3, 0.4) is 0 Å². The van der Waals surface area contributed by atoms with Gasteiger partial charge in [-0.25, -0.2) is 4.79 Å². The number of fused-ring (bicyclic) bond motifs is 1. The molecular formula is C26H34Cl2N6O6. The third-order valence-corrected chi connectivity index (χ3v) is 6.91. The predicted octanol–water partition coefficient (Wildman–Crippen LogP) is 1.53. The molecule has 2 aromatic rings. The zero-order valence-electron chi connectivity index (χ0n) is 21.7. The molecule has 0 spiro atoms. The first-order valence-electron chi connectivity index (χ1n) is 12.2. The second-order valence-corrected chi connectivity index (χ2v) is 9.23. The molecule has 1 aliphatic heterocycles. The number of nitrogen functional groups attached to an aromatic ring is 1. The van der Waals surface area contributed by atoms with Gasteiger partial charge in [-0.05, 0) is 55.4 Å². The van der Waals surface area contributed by atoms with Crippen LogP contribution in [0.1, 0.15) is 58.8 Å². The summed E-state index contributed by atoms with van der Waals surface area (Å²) in [6, 6.07) is 10.8. The number of carboxylic acids is 2. The second kappa shape index (κ2) is 15.2. The summed E-state index contributed by atoms with van der Waals surface area (Å²) >= 11 is 0.